The summed E-state index contributed by atoms with van der Waals surface area (Å²) in [5.74, 6) is 2.37. The molecule has 0 saturated heterocycles. The number of aryl methyl sites for hydroxylation is 1. The first-order valence-electron chi connectivity index (χ1n) is 5.95. The number of aromatic nitrogens is 2. The van der Waals surface area contributed by atoms with Crippen LogP contribution in [-0.4, -0.2) is 16.3 Å². The second kappa shape index (κ2) is 4.34. The molecule has 2 N–H and O–H groups in total. The molecule has 0 amide bonds. The Balaban J connectivity index is 1.95. The van der Waals surface area contributed by atoms with Crippen molar-refractivity contribution in [3.63, 3.8) is 0 Å². The van der Waals surface area contributed by atoms with E-state index in [0.29, 0.717) is 0 Å². The third-order valence-electron chi connectivity index (χ3n) is 3.12. The minimum absolute atomic E-state index is 0.255. The molecule has 0 spiro atoms. The van der Waals surface area contributed by atoms with Crippen molar-refractivity contribution in [3.05, 3.63) is 42.0 Å². The Bertz CT molecular complexity index is 565. The molecule has 94 valence electrons. The van der Waals surface area contributed by atoms with Crippen molar-refractivity contribution >= 4 is 0 Å². The third-order valence-corrected chi connectivity index (χ3v) is 3.12. The van der Waals surface area contributed by atoms with Crippen LogP contribution in [0.3, 0.4) is 0 Å². The van der Waals surface area contributed by atoms with Crippen LogP contribution in [0.1, 0.15) is 24.4 Å². The van der Waals surface area contributed by atoms with Crippen LogP contribution in [0.5, 0.6) is 11.5 Å². The van der Waals surface area contributed by atoms with Gasteiger partial charge >= 0.3 is 0 Å². The molecule has 1 unspecified atom stereocenters. The lowest BCUT2D eigenvalue weighted by atomic mass is 10.1. The number of hydrogen-bond acceptors (Lipinski definition) is 4. The van der Waals surface area contributed by atoms with Gasteiger partial charge in [0, 0.05) is 18.9 Å². The first-order chi connectivity index (χ1) is 8.79. The van der Waals surface area contributed by atoms with E-state index in [1.807, 2.05) is 29.0 Å². The summed E-state index contributed by atoms with van der Waals surface area (Å²) in [6, 6.07) is 5.50. The van der Waals surface area contributed by atoms with Crippen LogP contribution in [0.4, 0.5) is 0 Å². The van der Waals surface area contributed by atoms with E-state index in [-0.39, 0.29) is 12.8 Å². The van der Waals surface area contributed by atoms with E-state index in [1.54, 1.807) is 6.20 Å². The zero-order valence-corrected chi connectivity index (χ0v) is 10.2. The van der Waals surface area contributed by atoms with E-state index < -0.39 is 0 Å². The lowest BCUT2D eigenvalue weighted by molar-refractivity contribution is 0.174. The van der Waals surface area contributed by atoms with Crippen LogP contribution in [0.15, 0.2) is 30.6 Å². The highest BCUT2D eigenvalue weighted by atomic mass is 16.7. The summed E-state index contributed by atoms with van der Waals surface area (Å²) in [5, 5.41) is 0. The Morgan fingerprint density at radius 1 is 1.39 bits per heavy atom. The number of ether oxygens (including phenoxy) is 2. The van der Waals surface area contributed by atoms with Gasteiger partial charge in [-0.3, -0.25) is 0 Å². The van der Waals surface area contributed by atoms with Crippen LogP contribution < -0.4 is 15.2 Å². The third kappa shape index (κ3) is 1.73. The van der Waals surface area contributed by atoms with E-state index in [0.717, 1.165) is 29.4 Å². The molecule has 2 heterocycles. The minimum Gasteiger partial charge on any atom is -0.454 e. The predicted octanol–water partition coefficient (Wildman–Crippen LogP) is 1.68. The monoisotopic (exact) mass is 245 g/mol. The van der Waals surface area contributed by atoms with Gasteiger partial charge in [0.05, 0.1) is 6.04 Å². The molecular formula is C13H15N3O2. The molecule has 0 radical (unpaired) electrons. The SMILES string of the molecule is CCn1ccnc1C(N)c1ccc2c(c1)OCO2. The van der Waals surface area contributed by atoms with Crippen molar-refractivity contribution < 1.29 is 9.47 Å². The van der Waals surface area contributed by atoms with Gasteiger partial charge in [0.25, 0.3) is 0 Å². The molecule has 2 aromatic rings. The molecule has 5 nitrogen and oxygen atoms in total. The zero-order valence-electron chi connectivity index (χ0n) is 10.2. The maximum Gasteiger partial charge on any atom is 0.231 e. The van der Waals surface area contributed by atoms with Gasteiger partial charge in [-0.25, -0.2) is 4.98 Å². The van der Waals surface area contributed by atoms with Crippen molar-refractivity contribution in [2.45, 2.75) is 19.5 Å². The van der Waals surface area contributed by atoms with E-state index >= 15 is 0 Å². The Hall–Kier alpha value is -2.01. The molecular weight excluding hydrogens is 230 g/mol. The number of nitrogens with zero attached hydrogens (tertiary/aromatic N) is 2. The summed E-state index contributed by atoms with van der Waals surface area (Å²) in [7, 11) is 0. The largest absolute Gasteiger partial charge is 0.454 e. The van der Waals surface area contributed by atoms with Gasteiger partial charge in [0.1, 0.15) is 5.82 Å². The summed E-state index contributed by atoms with van der Waals surface area (Å²) in [4.78, 5) is 4.32. The molecule has 18 heavy (non-hydrogen) atoms. The average Bonchev–Trinajstić information content (AvgIpc) is 3.05. The molecule has 0 fully saturated rings. The smallest absolute Gasteiger partial charge is 0.231 e. The van der Waals surface area contributed by atoms with Gasteiger partial charge in [0.15, 0.2) is 11.5 Å². The Kier molecular flexibility index (Phi) is 2.68. The Morgan fingerprint density at radius 2 is 2.22 bits per heavy atom. The second-order valence-electron chi connectivity index (χ2n) is 4.16. The fraction of sp³-hybridized carbons (Fsp3) is 0.308. The standard InChI is InChI=1S/C13H15N3O2/c1-2-16-6-5-15-13(16)12(14)9-3-4-10-11(7-9)18-8-17-10/h3-7,12H,2,8,14H2,1H3. The molecule has 0 bridgehead atoms. The van der Waals surface area contributed by atoms with Gasteiger partial charge in [-0.2, -0.15) is 0 Å². The topological polar surface area (TPSA) is 62.3 Å². The van der Waals surface area contributed by atoms with Gasteiger partial charge in [-0.05, 0) is 24.6 Å². The molecule has 3 rings (SSSR count). The van der Waals surface area contributed by atoms with Crippen LogP contribution in [0, 0.1) is 0 Å². The molecule has 1 atom stereocenters. The number of imidazole rings is 1. The number of benzene rings is 1. The van der Waals surface area contributed by atoms with Crippen molar-refractivity contribution in [2.75, 3.05) is 6.79 Å². The summed E-state index contributed by atoms with van der Waals surface area (Å²) >= 11 is 0. The van der Waals surface area contributed by atoms with E-state index in [4.69, 9.17) is 15.2 Å². The van der Waals surface area contributed by atoms with Crippen molar-refractivity contribution in [3.8, 4) is 11.5 Å². The highest BCUT2D eigenvalue weighted by molar-refractivity contribution is 5.46. The molecule has 1 aromatic heterocycles. The van der Waals surface area contributed by atoms with Gasteiger partial charge < -0.3 is 19.8 Å². The van der Waals surface area contributed by atoms with Crippen LogP contribution in [0.25, 0.3) is 0 Å². The summed E-state index contributed by atoms with van der Waals surface area (Å²) in [6.07, 6.45) is 3.70. The normalized spacial score (nSPS) is 14.8. The lowest BCUT2D eigenvalue weighted by Gasteiger charge is -2.13. The number of rotatable bonds is 3. The Morgan fingerprint density at radius 3 is 3.06 bits per heavy atom. The molecule has 1 aliphatic heterocycles. The highest BCUT2D eigenvalue weighted by Crippen LogP contribution is 2.34. The first kappa shape index (κ1) is 11.1. The van der Waals surface area contributed by atoms with Crippen molar-refractivity contribution in [2.24, 2.45) is 5.73 Å². The molecule has 1 aromatic carbocycles. The van der Waals surface area contributed by atoms with Crippen LogP contribution in [0.2, 0.25) is 0 Å². The maximum absolute atomic E-state index is 6.25. The molecule has 0 saturated carbocycles. The van der Waals surface area contributed by atoms with Crippen molar-refractivity contribution in [1.29, 1.82) is 0 Å². The maximum atomic E-state index is 6.25. The summed E-state index contributed by atoms with van der Waals surface area (Å²) < 4.78 is 12.7. The predicted molar refractivity (Wildman–Crippen MR) is 66.5 cm³/mol. The van der Waals surface area contributed by atoms with Gasteiger partial charge in [0.2, 0.25) is 6.79 Å². The quantitative estimate of drug-likeness (QED) is 0.893. The number of fused-ring (bicyclic) bond motifs is 1. The zero-order chi connectivity index (χ0) is 12.5. The fourth-order valence-electron chi connectivity index (χ4n) is 2.12. The Labute approximate surface area is 105 Å². The van der Waals surface area contributed by atoms with E-state index in [9.17, 15) is 0 Å². The highest BCUT2D eigenvalue weighted by Gasteiger charge is 2.19. The van der Waals surface area contributed by atoms with Crippen LogP contribution in [-0.2, 0) is 6.54 Å². The number of nitrogens with two attached hydrogens (primary N) is 1. The summed E-state index contributed by atoms with van der Waals surface area (Å²) in [5.41, 5.74) is 7.22. The molecule has 1 aliphatic rings. The van der Waals surface area contributed by atoms with Crippen molar-refractivity contribution in [1.82, 2.24) is 9.55 Å². The van der Waals surface area contributed by atoms with E-state index in [1.165, 1.54) is 0 Å². The van der Waals surface area contributed by atoms with Gasteiger partial charge in [-0.1, -0.05) is 6.07 Å². The fourth-order valence-corrected chi connectivity index (χ4v) is 2.12. The van der Waals surface area contributed by atoms with Gasteiger partial charge in [-0.15, -0.1) is 0 Å². The number of hydrogen-bond donors (Lipinski definition) is 1. The average molecular weight is 245 g/mol. The molecule has 5 heteroatoms. The first-order valence-corrected chi connectivity index (χ1v) is 5.95. The second-order valence-corrected chi connectivity index (χ2v) is 4.16. The summed E-state index contributed by atoms with van der Waals surface area (Å²) in [6.45, 7) is 3.20. The van der Waals surface area contributed by atoms with E-state index in [2.05, 4.69) is 11.9 Å². The lowest BCUT2D eigenvalue weighted by Crippen LogP contribution is -2.17. The minimum atomic E-state index is -0.255. The molecule has 0 aliphatic carbocycles. The van der Waals surface area contributed by atoms with Crippen LogP contribution >= 0.6 is 0 Å².